The van der Waals surface area contributed by atoms with E-state index in [0.717, 1.165) is 53.2 Å². The molecule has 0 radical (unpaired) electrons. The standard InChI is InChI=1S/C25H26N6O/c1-16-14-19-18(23(26)32)10-6-12-21(19)31(16)25-28-20-11-7-13-30(2)22(20)24(29-25)27-15-17-8-4-3-5-9-17/h3-6,8-10,12,14H,7,11,13,15H2,1-2H3,(H2,26,32)(H,27,28,29). The lowest BCUT2D eigenvalue weighted by Gasteiger charge is -2.29. The van der Waals surface area contributed by atoms with Gasteiger partial charge in [0.15, 0.2) is 5.82 Å². The average molecular weight is 427 g/mol. The van der Waals surface area contributed by atoms with Gasteiger partial charge in [-0.15, -0.1) is 0 Å². The maximum Gasteiger partial charge on any atom is 0.249 e. The molecule has 0 atom stereocenters. The smallest absolute Gasteiger partial charge is 0.249 e. The Kier molecular flexibility index (Phi) is 5.01. The van der Waals surface area contributed by atoms with E-state index in [4.69, 9.17) is 15.7 Å². The van der Waals surface area contributed by atoms with Gasteiger partial charge < -0.3 is 16.0 Å². The highest BCUT2D eigenvalue weighted by molar-refractivity contribution is 6.06. The molecular weight excluding hydrogens is 400 g/mol. The monoisotopic (exact) mass is 426 g/mol. The van der Waals surface area contributed by atoms with Crippen LogP contribution in [0.3, 0.4) is 0 Å². The van der Waals surface area contributed by atoms with Crippen LogP contribution in [-0.2, 0) is 13.0 Å². The number of carbonyl (C=O) groups is 1. The Labute approximate surface area is 186 Å². The van der Waals surface area contributed by atoms with E-state index in [2.05, 4.69) is 29.4 Å². The molecule has 7 nitrogen and oxygen atoms in total. The van der Waals surface area contributed by atoms with E-state index in [-0.39, 0.29) is 0 Å². The number of benzene rings is 2. The second kappa shape index (κ2) is 8.00. The number of fused-ring (bicyclic) bond motifs is 2. The summed E-state index contributed by atoms with van der Waals surface area (Å²) in [5.74, 6) is 0.984. The molecule has 1 aliphatic heterocycles. The fraction of sp³-hybridized carbons (Fsp3) is 0.240. The predicted molar refractivity (Wildman–Crippen MR) is 127 cm³/mol. The zero-order chi connectivity index (χ0) is 22.2. The molecule has 32 heavy (non-hydrogen) atoms. The molecule has 0 saturated carbocycles. The molecule has 5 rings (SSSR count). The van der Waals surface area contributed by atoms with Gasteiger partial charge in [-0.25, -0.2) is 4.98 Å². The number of nitrogens with two attached hydrogens (primary N) is 1. The summed E-state index contributed by atoms with van der Waals surface area (Å²) >= 11 is 0. The molecule has 0 spiro atoms. The summed E-state index contributed by atoms with van der Waals surface area (Å²) in [6.45, 7) is 3.65. The first kappa shape index (κ1) is 20.1. The number of nitrogens with one attached hydrogen (secondary N) is 1. The zero-order valence-electron chi connectivity index (χ0n) is 18.3. The first-order chi connectivity index (χ1) is 15.5. The van der Waals surface area contributed by atoms with Crippen LogP contribution in [0.25, 0.3) is 16.9 Å². The fourth-order valence-electron chi connectivity index (χ4n) is 4.51. The highest BCUT2D eigenvalue weighted by Gasteiger charge is 2.23. The summed E-state index contributed by atoms with van der Waals surface area (Å²) in [5.41, 5.74) is 11.2. The van der Waals surface area contributed by atoms with Crippen molar-refractivity contribution in [3.05, 3.63) is 77.1 Å². The van der Waals surface area contributed by atoms with Gasteiger partial charge in [-0.2, -0.15) is 4.98 Å². The molecule has 0 unspecified atom stereocenters. The summed E-state index contributed by atoms with van der Waals surface area (Å²) in [6, 6.07) is 17.8. The minimum Gasteiger partial charge on any atom is -0.370 e. The number of hydrogen-bond acceptors (Lipinski definition) is 5. The number of nitrogens with zero attached hydrogens (tertiary/aromatic N) is 4. The van der Waals surface area contributed by atoms with Crippen molar-refractivity contribution in [2.75, 3.05) is 23.8 Å². The van der Waals surface area contributed by atoms with E-state index in [0.29, 0.717) is 18.1 Å². The third-order valence-electron chi connectivity index (χ3n) is 6.03. The molecule has 0 bridgehead atoms. The zero-order valence-corrected chi connectivity index (χ0v) is 18.3. The number of anilines is 2. The summed E-state index contributed by atoms with van der Waals surface area (Å²) in [4.78, 5) is 24.1. The third kappa shape index (κ3) is 3.45. The van der Waals surface area contributed by atoms with Gasteiger partial charge in [-0.1, -0.05) is 36.4 Å². The Morgan fingerprint density at radius 1 is 1.12 bits per heavy atom. The Hall–Kier alpha value is -3.87. The van der Waals surface area contributed by atoms with Crippen LogP contribution < -0.4 is 16.0 Å². The summed E-state index contributed by atoms with van der Waals surface area (Å²) < 4.78 is 2.00. The Morgan fingerprint density at radius 3 is 2.72 bits per heavy atom. The predicted octanol–water partition coefficient (Wildman–Crippen LogP) is 3.82. The molecular formula is C25H26N6O. The van der Waals surface area contributed by atoms with Crippen molar-refractivity contribution in [3.8, 4) is 5.95 Å². The van der Waals surface area contributed by atoms with Crippen LogP contribution in [0.15, 0.2) is 54.6 Å². The molecule has 0 aliphatic carbocycles. The topological polar surface area (TPSA) is 89.1 Å². The number of amides is 1. The normalized spacial score (nSPS) is 13.2. The highest BCUT2D eigenvalue weighted by atomic mass is 16.1. The highest BCUT2D eigenvalue weighted by Crippen LogP contribution is 2.34. The largest absolute Gasteiger partial charge is 0.370 e. The van der Waals surface area contributed by atoms with Gasteiger partial charge in [0, 0.05) is 36.8 Å². The molecule has 0 saturated heterocycles. The second-order valence-electron chi connectivity index (χ2n) is 8.26. The number of aryl methyl sites for hydroxylation is 2. The van der Waals surface area contributed by atoms with Crippen molar-refractivity contribution in [3.63, 3.8) is 0 Å². The minimum absolute atomic E-state index is 0.439. The summed E-state index contributed by atoms with van der Waals surface area (Å²) in [5, 5.41) is 4.35. The van der Waals surface area contributed by atoms with Crippen molar-refractivity contribution in [1.82, 2.24) is 14.5 Å². The molecule has 0 fully saturated rings. The van der Waals surface area contributed by atoms with Crippen molar-refractivity contribution in [1.29, 1.82) is 0 Å². The Bertz CT molecular complexity index is 1310. The number of hydrogen-bond donors (Lipinski definition) is 2. The number of carbonyl (C=O) groups excluding carboxylic acids is 1. The number of primary amides is 1. The van der Waals surface area contributed by atoms with Crippen LogP contribution >= 0.6 is 0 Å². The number of aromatic nitrogens is 3. The van der Waals surface area contributed by atoms with Crippen LogP contribution in [0, 0.1) is 6.92 Å². The van der Waals surface area contributed by atoms with Crippen molar-refractivity contribution >= 4 is 28.3 Å². The van der Waals surface area contributed by atoms with Crippen LogP contribution in [0.4, 0.5) is 11.5 Å². The molecule has 2 aromatic carbocycles. The fourth-order valence-corrected chi connectivity index (χ4v) is 4.51. The van der Waals surface area contributed by atoms with Crippen molar-refractivity contribution in [2.45, 2.75) is 26.3 Å². The van der Waals surface area contributed by atoms with Gasteiger partial charge in [0.05, 0.1) is 11.2 Å². The van der Waals surface area contributed by atoms with Crippen molar-refractivity contribution < 1.29 is 4.79 Å². The van der Waals surface area contributed by atoms with E-state index in [1.165, 1.54) is 5.56 Å². The maximum atomic E-state index is 11.9. The van der Waals surface area contributed by atoms with Crippen LogP contribution in [-0.4, -0.2) is 34.0 Å². The lowest BCUT2D eigenvalue weighted by Crippen LogP contribution is -2.28. The first-order valence-corrected chi connectivity index (χ1v) is 10.8. The lowest BCUT2D eigenvalue weighted by atomic mass is 10.1. The van der Waals surface area contributed by atoms with E-state index in [1.807, 2.05) is 47.9 Å². The average Bonchev–Trinajstić information content (AvgIpc) is 3.13. The quantitative estimate of drug-likeness (QED) is 0.506. The van der Waals surface area contributed by atoms with Crippen LogP contribution in [0.5, 0.6) is 0 Å². The lowest BCUT2D eigenvalue weighted by molar-refractivity contribution is 0.100. The van der Waals surface area contributed by atoms with E-state index < -0.39 is 5.91 Å². The van der Waals surface area contributed by atoms with Gasteiger partial charge in [0.1, 0.15) is 5.69 Å². The van der Waals surface area contributed by atoms with Gasteiger partial charge in [0.2, 0.25) is 11.9 Å². The molecule has 1 amide bonds. The van der Waals surface area contributed by atoms with Crippen LogP contribution in [0.1, 0.15) is 33.7 Å². The molecule has 1 aliphatic rings. The van der Waals surface area contributed by atoms with E-state index in [9.17, 15) is 4.79 Å². The molecule has 4 aromatic rings. The molecule has 162 valence electrons. The Balaban J connectivity index is 1.65. The third-order valence-corrected chi connectivity index (χ3v) is 6.03. The molecule has 2 aromatic heterocycles. The number of rotatable bonds is 5. The SMILES string of the molecule is Cc1cc2c(C(N)=O)cccc2n1-c1nc2c(c(NCc3ccccc3)n1)N(C)CCC2. The van der Waals surface area contributed by atoms with Gasteiger partial charge in [-0.05, 0) is 43.5 Å². The van der Waals surface area contributed by atoms with E-state index >= 15 is 0 Å². The summed E-state index contributed by atoms with van der Waals surface area (Å²) in [7, 11) is 2.09. The second-order valence-corrected chi connectivity index (χ2v) is 8.26. The first-order valence-electron chi connectivity index (χ1n) is 10.8. The molecule has 3 N–H and O–H groups in total. The van der Waals surface area contributed by atoms with E-state index in [1.54, 1.807) is 6.07 Å². The maximum absolute atomic E-state index is 11.9. The summed E-state index contributed by atoms with van der Waals surface area (Å²) in [6.07, 6.45) is 1.95. The minimum atomic E-state index is -0.439. The van der Waals surface area contributed by atoms with Crippen LogP contribution in [0.2, 0.25) is 0 Å². The van der Waals surface area contributed by atoms with Gasteiger partial charge in [-0.3, -0.25) is 9.36 Å². The molecule has 3 heterocycles. The molecule has 7 heteroatoms. The van der Waals surface area contributed by atoms with Crippen molar-refractivity contribution in [2.24, 2.45) is 5.73 Å². The van der Waals surface area contributed by atoms with Gasteiger partial charge in [0.25, 0.3) is 0 Å². The Morgan fingerprint density at radius 2 is 1.94 bits per heavy atom. The van der Waals surface area contributed by atoms with Gasteiger partial charge >= 0.3 is 0 Å².